The lowest BCUT2D eigenvalue weighted by molar-refractivity contribution is 0.0560. The molecule has 1 amide bonds. The molecule has 0 radical (unpaired) electrons. The third kappa shape index (κ3) is 5.32. The zero-order valence-corrected chi connectivity index (χ0v) is 19.5. The largest absolute Gasteiger partial charge is 0.490 e. The van der Waals surface area contributed by atoms with Crippen LogP contribution < -0.4 is 14.9 Å². The number of hydrogen-bond donors (Lipinski definition) is 1. The molecule has 0 saturated heterocycles. The molecule has 0 bridgehead atoms. The molecule has 3 heterocycles. The Morgan fingerprint density at radius 1 is 1.14 bits per heavy atom. The number of amides is 1. The molecule has 0 saturated carbocycles. The van der Waals surface area contributed by atoms with Gasteiger partial charge in [-0.3, -0.25) is 9.20 Å². The molecule has 10 heteroatoms. The van der Waals surface area contributed by atoms with Gasteiger partial charge >= 0.3 is 5.97 Å². The predicted octanol–water partition coefficient (Wildman–Crippen LogP) is 3.76. The number of furan rings is 1. The summed E-state index contributed by atoms with van der Waals surface area (Å²) in [6.45, 7) is 4.16. The number of aromatic nitrogens is 2. The van der Waals surface area contributed by atoms with Crippen LogP contribution in [0.15, 0.2) is 64.2 Å². The topological polar surface area (TPSA) is 117 Å². The van der Waals surface area contributed by atoms with Crippen molar-refractivity contribution in [1.29, 1.82) is 0 Å². The molecule has 1 aromatic carbocycles. The molecule has 0 spiro atoms. The number of benzene rings is 1. The van der Waals surface area contributed by atoms with E-state index in [2.05, 4.69) is 20.2 Å². The van der Waals surface area contributed by atoms with E-state index in [1.54, 1.807) is 41.8 Å². The van der Waals surface area contributed by atoms with Crippen molar-refractivity contribution in [2.45, 2.75) is 20.5 Å². The molecule has 4 aromatic rings. The van der Waals surface area contributed by atoms with E-state index in [1.165, 1.54) is 19.4 Å². The summed E-state index contributed by atoms with van der Waals surface area (Å²) >= 11 is 0. The molecular weight excluding hydrogens is 452 g/mol. The van der Waals surface area contributed by atoms with Crippen LogP contribution in [-0.2, 0) is 11.3 Å². The van der Waals surface area contributed by atoms with E-state index in [0.29, 0.717) is 46.5 Å². The first-order valence-corrected chi connectivity index (χ1v) is 10.8. The monoisotopic (exact) mass is 476 g/mol. The van der Waals surface area contributed by atoms with E-state index in [9.17, 15) is 9.59 Å². The number of carbonyl (C=O) groups excluding carboxylic acids is 2. The molecule has 0 aliphatic rings. The first-order valence-electron chi connectivity index (χ1n) is 10.8. The first-order chi connectivity index (χ1) is 17.0. The highest BCUT2D eigenvalue weighted by Crippen LogP contribution is 2.29. The Kier molecular flexibility index (Phi) is 7.10. The Morgan fingerprint density at radius 2 is 2.00 bits per heavy atom. The fourth-order valence-corrected chi connectivity index (χ4v) is 3.41. The number of rotatable bonds is 9. The fourth-order valence-electron chi connectivity index (χ4n) is 3.41. The van der Waals surface area contributed by atoms with Gasteiger partial charge in [-0.1, -0.05) is 6.07 Å². The number of esters is 1. The minimum atomic E-state index is -0.557. The average molecular weight is 476 g/mol. The predicted molar refractivity (Wildman–Crippen MR) is 127 cm³/mol. The molecule has 0 aliphatic heterocycles. The summed E-state index contributed by atoms with van der Waals surface area (Å²) in [5.74, 6) is 0.629. The smallest absolute Gasteiger partial charge is 0.373 e. The second-order valence-electron chi connectivity index (χ2n) is 7.36. The molecule has 35 heavy (non-hydrogen) atoms. The molecule has 10 nitrogen and oxygen atoms in total. The lowest BCUT2D eigenvalue weighted by Gasteiger charge is -2.11. The molecule has 4 rings (SSSR count). The van der Waals surface area contributed by atoms with Crippen LogP contribution in [0.5, 0.6) is 11.5 Å². The standard InChI is InChI=1S/C25H24N4O6/c1-4-33-21-13-17(8-10-19(21)34-15-18-9-11-20(35-18)25(31)32-3)14-26-28-24(30)23-16(2)27-22-7-5-6-12-29(22)23/h5-14H,4,15H2,1-3H3,(H,28,30)/b26-14+. The van der Waals surface area contributed by atoms with Gasteiger partial charge in [0.1, 0.15) is 23.7 Å². The van der Waals surface area contributed by atoms with Gasteiger partial charge in [-0.25, -0.2) is 15.2 Å². The maximum absolute atomic E-state index is 12.7. The van der Waals surface area contributed by atoms with Crippen molar-refractivity contribution < 1.29 is 28.2 Å². The van der Waals surface area contributed by atoms with E-state index in [0.717, 1.165) is 0 Å². The van der Waals surface area contributed by atoms with Crippen LogP contribution in [0.1, 0.15) is 45.0 Å². The number of ether oxygens (including phenoxy) is 3. The zero-order chi connectivity index (χ0) is 24.8. The van der Waals surface area contributed by atoms with E-state index in [-0.39, 0.29) is 18.3 Å². The summed E-state index contributed by atoms with van der Waals surface area (Å²) in [5, 5.41) is 4.08. The highest BCUT2D eigenvalue weighted by atomic mass is 16.5. The normalized spacial score (nSPS) is 11.1. The number of methoxy groups -OCH3 is 1. The minimum Gasteiger partial charge on any atom is -0.490 e. The Labute approximate surface area is 201 Å². The van der Waals surface area contributed by atoms with Crippen LogP contribution in [0.4, 0.5) is 0 Å². The maximum Gasteiger partial charge on any atom is 0.373 e. The molecular formula is C25H24N4O6. The summed E-state index contributed by atoms with van der Waals surface area (Å²) in [7, 11) is 1.28. The first kappa shape index (κ1) is 23.6. The summed E-state index contributed by atoms with van der Waals surface area (Å²) in [4.78, 5) is 28.6. The Morgan fingerprint density at radius 3 is 2.80 bits per heavy atom. The summed E-state index contributed by atoms with van der Waals surface area (Å²) < 4.78 is 23.3. The van der Waals surface area contributed by atoms with Gasteiger partial charge in [-0.2, -0.15) is 5.10 Å². The van der Waals surface area contributed by atoms with E-state index < -0.39 is 5.97 Å². The number of aryl methyl sites for hydroxylation is 1. The van der Waals surface area contributed by atoms with Gasteiger partial charge in [0, 0.05) is 6.20 Å². The second kappa shape index (κ2) is 10.6. The number of hydrogen-bond acceptors (Lipinski definition) is 8. The van der Waals surface area contributed by atoms with Crippen molar-refractivity contribution in [3.8, 4) is 11.5 Å². The highest BCUT2D eigenvalue weighted by molar-refractivity contribution is 5.95. The molecule has 0 unspecified atom stereocenters. The lowest BCUT2D eigenvalue weighted by atomic mass is 10.2. The third-order valence-electron chi connectivity index (χ3n) is 4.98. The van der Waals surface area contributed by atoms with Crippen molar-refractivity contribution in [3.63, 3.8) is 0 Å². The number of carbonyl (C=O) groups is 2. The molecule has 0 fully saturated rings. The van der Waals surface area contributed by atoms with Crippen molar-refractivity contribution in [3.05, 3.63) is 83.2 Å². The number of pyridine rings is 1. The van der Waals surface area contributed by atoms with Gasteiger partial charge in [-0.15, -0.1) is 0 Å². The van der Waals surface area contributed by atoms with Crippen molar-refractivity contribution in [2.75, 3.05) is 13.7 Å². The van der Waals surface area contributed by atoms with Crippen LogP contribution in [0, 0.1) is 6.92 Å². The second-order valence-corrected chi connectivity index (χ2v) is 7.36. The highest BCUT2D eigenvalue weighted by Gasteiger charge is 2.16. The van der Waals surface area contributed by atoms with Gasteiger partial charge in [-0.05, 0) is 61.9 Å². The summed E-state index contributed by atoms with van der Waals surface area (Å²) in [6.07, 6.45) is 3.29. The number of fused-ring (bicyclic) bond motifs is 1. The molecule has 3 aromatic heterocycles. The van der Waals surface area contributed by atoms with Gasteiger partial charge < -0.3 is 18.6 Å². The molecule has 0 aliphatic carbocycles. The quantitative estimate of drug-likeness (QED) is 0.222. The van der Waals surface area contributed by atoms with Crippen LogP contribution in [0.3, 0.4) is 0 Å². The summed E-state index contributed by atoms with van der Waals surface area (Å²) in [5.41, 5.74) is 4.96. The van der Waals surface area contributed by atoms with Crippen molar-refractivity contribution in [1.82, 2.24) is 14.8 Å². The molecule has 180 valence electrons. The minimum absolute atomic E-state index is 0.0964. The maximum atomic E-state index is 12.7. The Bertz CT molecular complexity index is 1390. The number of nitrogens with one attached hydrogen (secondary N) is 1. The molecule has 1 N–H and O–H groups in total. The fraction of sp³-hybridized carbons (Fsp3) is 0.200. The summed E-state index contributed by atoms with van der Waals surface area (Å²) in [6, 6.07) is 13.9. The van der Waals surface area contributed by atoms with Crippen LogP contribution >= 0.6 is 0 Å². The van der Waals surface area contributed by atoms with E-state index in [4.69, 9.17) is 13.9 Å². The zero-order valence-electron chi connectivity index (χ0n) is 19.5. The number of hydrazone groups is 1. The van der Waals surface area contributed by atoms with Gasteiger partial charge in [0.25, 0.3) is 5.91 Å². The molecule has 0 atom stereocenters. The van der Waals surface area contributed by atoms with Gasteiger partial charge in [0.15, 0.2) is 11.5 Å². The lowest BCUT2D eigenvalue weighted by Crippen LogP contribution is -2.20. The SMILES string of the molecule is CCOc1cc(/C=N/NC(=O)c2c(C)nc3ccccn23)ccc1OCc1ccc(C(=O)OC)o1. The van der Waals surface area contributed by atoms with Crippen LogP contribution in [-0.4, -0.2) is 41.2 Å². The third-order valence-corrected chi connectivity index (χ3v) is 4.98. The Balaban J connectivity index is 1.43. The van der Waals surface area contributed by atoms with Crippen molar-refractivity contribution in [2.24, 2.45) is 5.10 Å². The number of imidazole rings is 1. The van der Waals surface area contributed by atoms with E-state index in [1.807, 2.05) is 25.1 Å². The van der Waals surface area contributed by atoms with Gasteiger partial charge in [0.05, 0.1) is 25.6 Å². The number of nitrogens with zero attached hydrogens (tertiary/aromatic N) is 3. The van der Waals surface area contributed by atoms with E-state index >= 15 is 0 Å². The van der Waals surface area contributed by atoms with Crippen molar-refractivity contribution >= 4 is 23.7 Å². The average Bonchev–Trinajstić information content (AvgIpc) is 3.47. The van der Waals surface area contributed by atoms with Crippen LogP contribution in [0.25, 0.3) is 5.65 Å². The van der Waals surface area contributed by atoms with Crippen LogP contribution in [0.2, 0.25) is 0 Å². The van der Waals surface area contributed by atoms with Gasteiger partial charge in [0.2, 0.25) is 5.76 Å². The Hall–Kier alpha value is -4.60.